The maximum absolute atomic E-state index is 12.6. The molecule has 10 nitrogen and oxygen atoms in total. The molecule has 1 aliphatic heterocycles. The number of fused-ring (bicyclic) bond motifs is 1. The van der Waals surface area contributed by atoms with Gasteiger partial charge in [-0.15, -0.1) is 0 Å². The van der Waals surface area contributed by atoms with Crippen LogP contribution in [-0.4, -0.2) is 39.5 Å². The molecule has 1 atom stereocenters. The molecule has 1 aromatic heterocycles. The summed E-state index contributed by atoms with van der Waals surface area (Å²) in [4.78, 5) is 38.4. The Hall–Kier alpha value is -3.92. The van der Waals surface area contributed by atoms with E-state index in [1.807, 2.05) is 0 Å². The number of carbonyl (C=O) groups is 2. The third-order valence-corrected chi connectivity index (χ3v) is 4.81. The van der Waals surface area contributed by atoms with Crippen molar-refractivity contribution < 1.29 is 19.1 Å². The number of esters is 1. The Bertz CT molecular complexity index is 1160. The fraction of sp³-hybridized carbons (Fsp3) is 0.190. The number of anilines is 4. The molecule has 0 aliphatic carbocycles. The number of nitrogens with zero attached hydrogens (tertiary/aromatic N) is 4. The number of para-hydroxylation sites is 2. The van der Waals surface area contributed by atoms with Gasteiger partial charge in [0.05, 0.1) is 12.2 Å². The second-order valence-corrected chi connectivity index (χ2v) is 7.31. The van der Waals surface area contributed by atoms with Gasteiger partial charge in [-0.25, -0.2) is 4.79 Å². The Morgan fingerprint density at radius 1 is 1.19 bits per heavy atom. The zero-order valence-electron chi connectivity index (χ0n) is 17.0. The van der Waals surface area contributed by atoms with Crippen molar-refractivity contribution in [2.24, 2.45) is 0 Å². The van der Waals surface area contributed by atoms with Crippen LogP contribution < -0.4 is 20.7 Å². The van der Waals surface area contributed by atoms with Crippen molar-refractivity contribution >= 4 is 46.7 Å². The number of nitrogen functional groups attached to an aromatic ring is 1. The van der Waals surface area contributed by atoms with Crippen LogP contribution >= 0.6 is 11.6 Å². The van der Waals surface area contributed by atoms with Crippen molar-refractivity contribution in [3.8, 4) is 5.75 Å². The molecule has 1 aliphatic rings. The largest absolute Gasteiger partial charge is 0.475 e. The number of carbonyl (C=O) groups excluding carboxylic acids is 2. The summed E-state index contributed by atoms with van der Waals surface area (Å²) >= 11 is 5.88. The number of rotatable bonds is 5. The Morgan fingerprint density at radius 2 is 1.94 bits per heavy atom. The Balaban J connectivity index is 1.43. The van der Waals surface area contributed by atoms with Gasteiger partial charge in [-0.05, 0) is 36.4 Å². The van der Waals surface area contributed by atoms with E-state index in [2.05, 4.69) is 20.3 Å². The summed E-state index contributed by atoms with van der Waals surface area (Å²) in [6.07, 6.45) is -0.986. The quantitative estimate of drug-likeness (QED) is 0.558. The number of nitrogens with two attached hydrogens (primary N) is 1. The Morgan fingerprint density at radius 3 is 2.69 bits per heavy atom. The van der Waals surface area contributed by atoms with E-state index in [0.717, 1.165) is 0 Å². The van der Waals surface area contributed by atoms with Gasteiger partial charge < -0.3 is 25.4 Å². The van der Waals surface area contributed by atoms with Crippen LogP contribution in [0.4, 0.5) is 23.3 Å². The molecule has 0 bridgehead atoms. The molecular weight excluding hydrogens is 436 g/mol. The number of benzene rings is 2. The monoisotopic (exact) mass is 454 g/mol. The van der Waals surface area contributed by atoms with Gasteiger partial charge in [0.15, 0.2) is 12.4 Å². The predicted molar refractivity (Wildman–Crippen MR) is 118 cm³/mol. The summed E-state index contributed by atoms with van der Waals surface area (Å²) < 4.78 is 11.1. The van der Waals surface area contributed by atoms with E-state index in [4.69, 9.17) is 26.8 Å². The minimum absolute atomic E-state index is 0.0342. The van der Waals surface area contributed by atoms with Gasteiger partial charge in [-0.2, -0.15) is 15.0 Å². The van der Waals surface area contributed by atoms with Crippen LogP contribution in [-0.2, 0) is 20.9 Å². The van der Waals surface area contributed by atoms with Gasteiger partial charge in [-0.1, -0.05) is 23.7 Å². The molecule has 0 spiro atoms. The van der Waals surface area contributed by atoms with Crippen molar-refractivity contribution in [3.63, 3.8) is 0 Å². The fourth-order valence-corrected chi connectivity index (χ4v) is 3.23. The maximum atomic E-state index is 12.6. The SMILES string of the molecule is CC(=O)N1C[C@H](C(=O)OCc2nc(N)nc(Nc3ccc(Cl)cc3)n2)Oc2ccccc21. The van der Waals surface area contributed by atoms with E-state index >= 15 is 0 Å². The second kappa shape index (κ2) is 9.06. The molecule has 0 radical (unpaired) electrons. The lowest BCUT2D eigenvalue weighted by atomic mass is 10.2. The lowest BCUT2D eigenvalue weighted by Gasteiger charge is -2.33. The molecular formula is C21H19ClN6O4. The number of hydrogen-bond acceptors (Lipinski definition) is 9. The highest BCUT2D eigenvalue weighted by Crippen LogP contribution is 2.33. The second-order valence-electron chi connectivity index (χ2n) is 6.88. The molecule has 0 fully saturated rings. The number of amides is 1. The molecule has 2 heterocycles. The highest BCUT2D eigenvalue weighted by atomic mass is 35.5. The first kappa shape index (κ1) is 21.3. The zero-order valence-corrected chi connectivity index (χ0v) is 17.7. The van der Waals surface area contributed by atoms with Gasteiger partial charge in [-0.3, -0.25) is 4.79 Å². The molecule has 164 valence electrons. The molecule has 2 aromatic carbocycles. The average molecular weight is 455 g/mol. The van der Waals surface area contributed by atoms with E-state index in [0.29, 0.717) is 22.1 Å². The molecule has 11 heteroatoms. The zero-order chi connectivity index (χ0) is 22.7. The van der Waals surface area contributed by atoms with E-state index in [-0.39, 0.29) is 36.8 Å². The van der Waals surface area contributed by atoms with E-state index in [9.17, 15) is 9.59 Å². The van der Waals surface area contributed by atoms with E-state index < -0.39 is 12.1 Å². The summed E-state index contributed by atoms with van der Waals surface area (Å²) in [7, 11) is 0. The van der Waals surface area contributed by atoms with Gasteiger partial charge in [0.1, 0.15) is 5.75 Å². The van der Waals surface area contributed by atoms with Gasteiger partial charge >= 0.3 is 5.97 Å². The Kier molecular flexibility index (Phi) is 6.04. The third kappa shape index (κ3) is 4.86. The minimum Gasteiger partial charge on any atom is -0.475 e. The van der Waals surface area contributed by atoms with Crippen molar-refractivity contribution in [1.29, 1.82) is 0 Å². The van der Waals surface area contributed by atoms with Gasteiger partial charge in [0.2, 0.25) is 23.9 Å². The van der Waals surface area contributed by atoms with Crippen molar-refractivity contribution in [2.45, 2.75) is 19.6 Å². The number of aromatic nitrogens is 3. The first-order chi connectivity index (χ1) is 15.4. The lowest BCUT2D eigenvalue weighted by molar-refractivity contribution is -0.153. The summed E-state index contributed by atoms with van der Waals surface area (Å²) in [5.74, 6) is -0.125. The number of halogens is 1. The van der Waals surface area contributed by atoms with Crippen LogP contribution in [0.5, 0.6) is 5.75 Å². The summed E-state index contributed by atoms with van der Waals surface area (Å²) in [5, 5.41) is 3.57. The number of nitrogens with one attached hydrogen (secondary N) is 1. The summed E-state index contributed by atoms with van der Waals surface area (Å²) in [6.45, 7) is 1.21. The standard InChI is InChI=1S/C21H19ClN6O4/c1-12(29)28-10-17(32-16-5-3-2-4-15(16)28)19(30)31-11-18-25-20(23)27-21(26-18)24-14-8-6-13(22)7-9-14/h2-9,17H,10-11H2,1H3,(H3,23,24,25,26,27)/t17-/m1/s1. The summed E-state index contributed by atoms with van der Waals surface area (Å²) in [5.41, 5.74) is 7.06. The fourth-order valence-electron chi connectivity index (χ4n) is 3.10. The molecule has 3 aromatic rings. The number of hydrogen-bond donors (Lipinski definition) is 2. The van der Waals surface area contributed by atoms with Crippen LogP contribution in [0.15, 0.2) is 48.5 Å². The molecule has 0 unspecified atom stereocenters. The van der Waals surface area contributed by atoms with Crippen LogP contribution in [0.1, 0.15) is 12.7 Å². The first-order valence-corrected chi connectivity index (χ1v) is 10.0. The van der Waals surface area contributed by atoms with E-state index in [1.54, 1.807) is 48.5 Å². The highest BCUT2D eigenvalue weighted by Gasteiger charge is 2.33. The lowest BCUT2D eigenvalue weighted by Crippen LogP contribution is -2.47. The smallest absolute Gasteiger partial charge is 0.349 e. The first-order valence-electron chi connectivity index (χ1n) is 9.62. The number of ether oxygens (including phenoxy) is 2. The third-order valence-electron chi connectivity index (χ3n) is 4.56. The van der Waals surface area contributed by atoms with E-state index in [1.165, 1.54) is 11.8 Å². The van der Waals surface area contributed by atoms with Gasteiger partial charge in [0.25, 0.3) is 0 Å². The molecule has 3 N–H and O–H groups in total. The van der Waals surface area contributed by atoms with Crippen LogP contribution in [0.3, 0.4) is 0 Å². The predicted octanol–water partition coefficient (Wildman–Crippen LogP) is 2.71. The Labute approximate surface area is 188 Å². The molecule has 0 saturated heterocycles. The molecule has 4 rings (SSSR count). The van der Waals surface area contributed by atoms with Crippen LogP contribution in [0, 0.1) is 0 Å². The molecule has 32 heavy (non-hydrogen) atoms. The van der Waals surface area contributed by atoms with Crippen molar-refractivity contribution in [1.82, 2.24) is 15.0 Å². The molecule has 1 amide bonds. The maximum Gasteiger partial charge on any atom is 0.349 e. The van der Waals surface area contributed by atoms with Gasteiger partial charge in [0, 0.05) is 17.6 Å². The topological polar surface area (TPSA) is 133 Å². The van der Waals surface area contributed by atoms with Crippen molar-refractivity contribution in [3.05, 3.63) is 59.4 Å². The summed E-state index contributed by atoms with van der Waals surface area (Å²) in [6, 6.07) is 13.9. The van der Waals surface area contributed by atoms with Crippen molar-refractivity contribution in [2.75, 3.05) is 22.5 Å². The normalized spacial score (nSPS) is 14.8. The minimum atomic E-state index is -0.986. The molecule has 0 saturated carbocycles. The van der Waals surface area contributed by atoms with Crippen LogP contribution in [0.25, 0.3) is 0 Å². The average Bonchev–Trinajstić information content (AvgIpc) is 2.78. The highest BCUT2D eigenvalue weighted by molar-refractivity contribution is 6.30. The van der Waals surface area contributed by atoms with Crippen LogP contribution in [0.2, 0.25) is 5.02 Å².